The first-order valence-corrected chi connectivity index (χ1v) is 3.07. The van der Waals surface area contributed by atoms with E-state index in [1.807, 2.05) is 0 Å². The fourth-order valence-corrected chi connectivity index (χ4v) is 0.812. The summed E-state index contributed by atoms with van der Waals surface area (Å²) < 4.78 is 0. The molecule has 54 valence electrons. The minimum atomic E-state index is -0.956. The van der Waals surface area contributed by atoms with Gasteiger partial charge in [0.25, 0.3) is 0 Å². The van der Waals surface area contributed by atoms with E-state index in [1.54, 1.807) is 12.1 Å². The summed E-state index contributed by atoms with van der Waals surface area (Å²) in [5, 5.41) is 8.89. The Morgan fingerprint density at radius 2 is 2.18 bits per heavy atom. The fraction of sp³-hybridized carbons (Fsp3) is 0. The zero-order valence-corrected chi connectivity index (χ0v) is 9.92. The molecule has 1 aromatic rings. The Hall–Kier alpha value is 0.616. The normalized spacial score (nSPS) is 8.45. The van der Waals surface area contributed by atoms with Crippen molar-refractivity contribution in [2.24, 2.45) is 0 Å². The molecule has 1 aromatic carbocycles. The van der Waals surface area contributed by atoms with E-state index in [0.717, 1.165) is 0 Å². The van der Waals surface area contributed by atoms with Gasteiger partial charge in [0, 0.05) is 5.02 Å². The number of halogens is 1. The quantitative estimate of drug-likeness (QED) is 0.595. The minimum absolute atomic E-state index is 0. The summed E-state index contributed by atoms with van der Waals surface area (Å²) in [7, 11) is 0. The van der Waals surface area contributed by atoms with Gasteiger partial charge >= 0.3 is 57.4 Å². The summed E-state index contributed by atoms with van der Waals surface area (Å²) in [6.07, 6.45) is 0. The molecule has 0 radical (unpaired) electrons. The summed E-state index contributed by atoms with van der Waals surface area (Å²) >= 11 is 5.53. The van der Waals surface area contributed by atoms with Gasteiger partial charge in [0.1, 0.15) is 0 Å². The van der Waals surface area contributed by atoms with Crippen molar-refractivity contribution >= 4 is 17.6 Å². The van der Waals surface area contributed by atoms with Gasteiger partial charge in [0.15, 0.2) is 0 Å². The molecule has 0 atom stereocenters. The maximum absolute atomic E-state index is 10.3. The van der Waals surface area contributed by atoms with Gasteiger partial charge in [-0.3, -0.25) is 0 Å². The van der Waals surface area contributed by atoms with Gasteiger partial charge in [-0.05, 0) is 18.2 Å². The molecule has 0 amide bonds. The molecule has 0 aliphatic rings. The van der Waals surface area contributed by atoms with Crippen LogP contribution in [0.2, 0.25) is 5.02 Å². The molecule has 0 aliphatic heterocycles. The number of aromatic carboxylic acids is 1. The van der Waals surface area contributed by atoms with Gasteiger partial charge in [0.2, 0.25) is 0 Å². The van der Waals surface area contributed by atoms with Crippen LogP contribution in [-0.4, -0.2) is 11.1 Å². The molecule has 0 fully saturated rings. The first-order valence-electron chi connectivity index (χ1n) is 2.69. The van der Waals surface area contributed by atoms with Crippen molar-refractivity contribution in [3.05, 3.63) is 34.9 Å². The standard InChI is InChI=1S/C7H5ClO2.K.H/c8-6-3-1-2-5(4-6)7(9)10;;/h1-4H,(H,9,10);;/q;+1;-1. The van der Waals surface area contributed by atoms with Crippen LogP contribution in [0.5, 0.6) is 0 Å². The maximum Gasteiger partial charge on any atom is 1.00 e. The Kier molecular flexibility index (Phi) is 5.59. The molecule has 0 saturated heterocycles. The monoisotopic (exact) mass is 196 g/mol. The van der Waals surface area contributed by atoms with Gasteiger partial charge in [-0.15, -0.1) is 0 Å². The number of carboxylic acids is 1. The molecule has 0 saturated carbocycles. The summed E-state index contributed by atoms with van der Waals surface area (Å²) in [6, 6.07) is 6.14. The van der Waals surface area contributed by atoms with Crippen LogP contribution in [0, 0.1) is 0 Å². The van der Waals surface area contributed by atoms with E-state index in [0.29, 0.717) is 5.02 Å². The van der Waals surface area contributed by atoms with E-state index >= 15 is 0 Å². The third kappa shape index (κ3) is 3.69. The third-order valence-electron chi connectivity index (χ3n) is 1.07. The van der Waals surface area contributed by atoms with Crippen LogP contribution >= 0.6 is 11.6 Å². The summed E-state index contributed by atoms with van der Waals surface area (Å²) in [5.41, 5.74) is 0.215. The molecule has 0 spiro atoms. The van der Waals surface area contributed by atoms with Crippen LogP contribution in [0.4, 0.5) is 0 Å². The molecule has 0 unspecified atom stereocenters. The van der Waals surface area contributed by atoms with E-state index in [4.69, 9.17) is 16.7 Å². The van der Waals surface area contributed by atoms with E-state index in [9.17, 15) is 4.79 Å². The molecular weight excluding hydrogens is 191 g/mol. The van der Waals surface area contributed by atoms with E-state index in [2.05, 4.69) is 0 Å². The summed E-state index contributed by atoms with van der Waals surface area (Å²) in [5.74, 6) is -0.956. The van der Waals surface area contributed by atoms with E-state index in [1.165, 1.54) is 12.1 Å². The fourth-order valence-electron chi connectivity index (χ4n) is 0.622. The van der Waals surface area contributed by atoms with Crippen LogP contribution in [0.3, 0.4) is 0 Å². The Morgan fingerprint density at radius 1 is 1.55 bits per heavy atom. The number of carbonyl (C=O) groups is 1. The maximum atomic E-state index is 10.3. The molecule has 1 N–H and O–H groups in total. The average molecular weight is 197 g/mol. The van der Waals surface area contributed by atoms with Gasteiger partial charge in [-0.25, -0.2) is 4.79 Å². The Labute approximate surface area is 113 Å². The predicted molar refractivity (Wildman–Crippen MR) is 39.5 cm³/mol. The molecule has 0 aliphatic carbocycles. The largest absolute Gasteiger partial charge is 1.00 e. The number of benzene rings is 1. The summed E-state index contributed by atoms with van der Waals surface area (Å²) in [6.45, 7) is 0. The molecule has 2 nitrogen and oxygen atoms in total. The molecule has 0 heterocycles. The second kappa shape index (κ2) is 5.30. The third-order valence-corrected chi connectivity index (χ3v) is 1.31. The van der Waals surface area contributed by atoms with Crippen LogP contribution in [-0.2, 0) is 0 Å². The molecule has 11 heavy (non-hydrogen) atoms. The molecule has 0 aromatic heterocycles. The van der Waals surface area contributed by atoms with Crippen molar-refractivity contribution < 1.29 is 62.7 Å². The van der Waals surface area contributed by atoms with Crippen molar-refractivity contribution in [3.63, 3.8) is 0 Å². The van der Waals surface area contributed by atoms with Crippen molar-refractivity contribution in [1.29, 1.82) is 0 Å². The second-order valence-electron chi connectivity index (χ2n) is 1.82. The van der Waals surface area contributed by atoms with Crippen LogP contribution in [0.1, 0.15) is 11.8 Å². The molecule has 4 heteroatoms. The Balaban J connectivity index is 0. The van der Waals surface area contributed by atoms with Crippen molar-refractivity contribution in [3.8, 4) is 0 Å². The van der Waals surface area contributed by atoms with Gasteiger partial charge in [0.05, 0.1) is 5.56 Å². The van der Waals surface area contributed by atoms with Gasteiger partial charge in [-0.1, -0.05) is 17.7 Å². The Bertz CT molecular complexity index is 267. The van der Waals surface area contributed by atoms with Gasteiger partial charge in [-0.2, -0.15) is 0 Å². The predicted octanol–water partition coefficient (Wildman–Crippen LogP) is -0.845. The van der Waals surface area contributed by atoms with E-state index in [-0.39, 0.29) is 58.4 Å². The Morgan fingerprint density at radius 3 is 2.55 bits per heavy atom. The summed E-state index contributed by atoms with van der Waals surface area (Å²) in [4.78, 5) is 10.3. The van der Waals surface area contributed by atoms with Crippen molar-refractivity contribution in [2.45, 2.75) is 0 Å². The molecular formula is C7H6ClKO2. The van der Waals surface area contributed by atoms with Crippen LogP contribution in [0.15, 0.2) is 24.3 Å². The second-order valence-corrected chi connectivity index (χ2v) is 2.25. The molecule has 0 bridgehead atoms. The number of carboxylic acid groups (broad SMARTS) is 1. The first kappa shape index (κ1) is 11.6. The SMILES string of the molecule is O=C(O)c1cccc(Cl)c1.[H-].[K+]. The van der Waals surface area contributed by atoms with Crippen LogP contribution in [0.25, 0.3) is 0 Å². The zero-order chi connectivity index (χ0) is 7.56. The van der Waals surface area contributed by atoms with E-state index < -0.39 is 5.97 Å². The number of hydrogen-bond donors (Lipinski definition) is 1. The average Bonchev–Trinajstić information content (AvgIpc) is 1.88. The zero-order valence-electron chi connectivity index (χ0n) is 7.04. The smallest absolute Gasteiger partial charge is 1.00 e. The van der Waals surface area contributed by atoms with Crippen molar-refractivity contribution in [2.75, 3.05) is 0 Å². The minimum Gasteiger partial charge on any atom is -1.00 e. The number of rotatable bonds is 1. The van der Waals surface area contributed by atoms with Crippen molar-refractivity contribution in [1.82, 2.24) is 0 Å². The molecule has 1 rings (SSSR count). The van der Waals surface area contributed by atoms with Gasteiger partial charge < -0.3 is 6.53 Å². The number of hydrogen-bond acceptors (Lipinski definition) is 1. The first-order chi connectivity index (χ1) is 4.70. The van der Waals surface area contributed by atoms with Crippen LogP contribution < -0.4 is 51.4 Å². The topological polar surface area (TPSA) is 37.3 Å².